The van der Waals surface area contributed by atoms with Gasteiger partial charge < -0.3 is 5.41 Å². The summed E-state index contributed by atoms with van der Waals surface area (Å²) in [5.41, 5.74) is 1.36. The average Bonchev–Trinajstić information content (AvgIpc) is 2.03. The van der Waals surface area contributed by atoms with Gasteiger partial charge in [0.25, 0.3) is 5.69 Å². The number of nitro benzene ring substituents is 1. The molecule has 0 saturated heterocycles. The summed E-state index contributed by atoms with van der Waals surface area (Å²) in [4.78, 5) is 9.94. The molecule has 1 aromatic rings. The van der Waals surface area contributed by atoms with Crippen LogP contribution in [0.3, 0.4) is 0 Å². The van der Waals surface area contributed by atoms with E-state index in [1.54, 1.807) is 19.1 Å². The van der Waals surface area contributed by atoms with Crippen LogP contribution >= 0.6 is 0 Å². The topological polar surface area (TPSA) is 67.0 Å². The Balaban J connectivity index is 3.20. The standard InChI is InChI=1S/C8H8N2O2/c1-6-4-7(5-9)2-3-8(6)10(11)12/h2-5,9H,1H3. The predicted molar refractivity (Wildman–Crippen MR) is 45.7 cm³/mol. The SMILES string of the molecule is Cc1cc(C=N)ccc1[N+](=O)[O-]. The minimum Gasteiger partial charge on any atom is -0.308 e. The molecule has 0 amide bonds. The third kappa shape index (κ3) is 1.47. The number of hydrogen-bond acceptors (Lipinski definition) is 3. The van der Waals surface area contributed by atoms with Gasteiger partial charge in [-0.25, -0.2) is 0 Å². The fourth-order valence-corrected chi connectivity index (χ4v) is 0.973. The summed E-state index contributed by atoms with van der Waals surface area (Å²) in [6.45, 7) is 1.66. The third-order valence-electron chi connectivity index (χ3n) is 1.58. The minimum atomic E-state index is -0.428. The summed E-state index contributed by atoms with van der Waals surface area (Å²) in [7, 11) is 0. The highest BCUT2D eigenvalue weighted by Gasteiger charge is 2.08. The number of benzene rings is 1. The van der Waals surface area contributed by atoms with Crippen molar-refractivity contribution < 1.29 is 4.92 Å². The van der Waals surface area contributed by atoms with E-state index in [0.29, 0.717) is 11.1 Å². The molecule has 1 aromatic carbocycles. The zero-order valence-electron chi connectivity index (χ0n) is 6.57. The van der Waals surface area contributed by atoms with Crippen LogP contribution in [-0.2, 0) is 0 Å². The summed E-state index contributed by atoms with van der Waals surface area (Å²) in [5, 5.41) is 17.3. The largest absolute Gasteiger partial charge is 0.308 e. The zero-order chi connectivity index (χ0) is 9.14. The Labute approximate surface area is 69.5 Å². The van der Waals surface area contributed by atoms with Crippen LogP contribution in [0.15, 0.2) is 18.2 Å². The molecule has 0 aliphatic rings. The first kappa shape index (κ1) is 8.39. The van der Waals surface area contributed by atoms with Gasteiger partial charge in [-0.1, -0.05) is 0 Å². The van der Waals surface area contributed by atoms with E-state index < -0.39 is 4.92 Å². The molecule has 0 atom stereocenters. The molecule has 0 unspecified atom stereocenters. The molecule has 4 nitrogen and oxygen atoms in total. The number of nitrogens with zero attached hydrogens (tertiary/aromatic N) is 1. The molecule has 0 heterocycles. The van der Waals surface area contributed by atoms with E-state index in [4.69, 9.17) is 5.41 Å². The van der Waals surface area contributed by atoms with Crippen LogP contribution in [0.2, 0.25) is 0 Å². The Kier molecular flexibility index (Phi) is 2.19. The normalized spacial score (nSPS) is 9.42. The summed E-state index contributed by atoms with van der Waals surface area (Å²) in [6.07, 6.45) is 1.16. The second-order valence-corrected chi connectivity index (χ2v) is 2.45. The van der Waals surface area contributed by atoms with E-state index in [9.17, 15) is 10.1 Å². The van der Waals surface area contributed by atoms with Crippen molar-refractivity contribution in [3.05, 3.63) is 39.4 Å². The number of nitro groups is 1. The van der Waals surface area contributed by atoms with Crippen molar-refractivity contribution in [2.45, 2.75) is 6.92 Å². The van der Waals surface area contributed by atoms with Gasteiger partial charge in [0.2, 0.25) is 0 Å². The van der Waals surface area contributed by atoms with Crippen LogP contribution < -0.4 is 0 Å². The van der Waals surface area contributed by atoms with Crippen LogP contribution in [0.25, 0.3) is 0 Å². The molecule has 0 radical (unpaired) electrons. The molecule has 0 aliphatic carbocycles. The van der Waals surface area contributed by atoms with E-state index in [1.165, 1.54) is 6.07 Å². The van der Waals surface area contributed by atoms with Crippen LogP contribution in [0.4, 0.5) is 5.69 Å². The maximum absolute atomic E-state index is 10.4. The fourth-order valence-electron chi connectivity index (χ4n) is 0.973. The van der Waals surface area contributed by atoms with Crippen LogP contribution in [-0.4, -0.2) is 11.1 Å². The van der Waals surface area contributed by atoms with Gasteiger partial charge in [-0.15, -0.1) is 0 Å². The molecule has 0 aromatic heterocycles. The maximum atomic E-state index is 10.4. The van der Waals surface area contributed by atoms with E-state index in [1.807, 2.05) is 0 Å². The summed E-state index contributed by atoms with van der Waals surface area (Å²) in [6, 6.07) is 4.58. The molecule has 12 heavy (non-hydrogen) atoms. The third-order valence-corrected chi connectivity index (χ3v) is 1.58. The lowest BCUT2D eigenvalue weighted by Gasteiger charge is -1.96. The van der Waals surface area contributed by atoms with Crippen molar-refractivity contribution in [2.75, 3.05) is 0 Å². The van der Waals surface area contributed by atoms with Gasteiger partial charge >= 0.3 is 0 Å². The zero-order valence-corrected chi connectivity index (χ0v) is 6.57. The molecule has 0 fully saturated rings. The van der Waals surface area contributed by atoms with Crippen molar-refractivity contribution in [3.8, 4) is 0 Å². The lowest BCUT2D eigenvalue weighted by atomic mass is 10.1. The monoisotopic (exact) mass is 164 g/mol. The van der Waals surface area contributed by atoms with Gasteiger partial charge in [0, 0.05) is 17.8 Å². The number of rotatable bonds is 2. The van der Waals surface area contributed by atoms with E-state index >= 15 is 0 Å². The highest BCUT2D eigenvalue weighted by atomic mass is 16.6. The summed E-state index contributed by atoms with van der Waals surface area (Å²) < 4.78 is 0. The summed E-state index contributed by atoms with van der Waals surface area (Å²) in [5.74, 6) is 0. The minimum absolute atomic E-state index is 0.0978. The molecule has 0 aliphatic heterocycles. The highest BCUT2D eigenvalue weighted by molar-refractivity contribution is 5.77. The van der Waals surface area contributed by atoms with Crippen LogP contribution in [0, 0.1) is 22.4 Å². The Morgan fingerprint density at radius 3 is 2.67 bits per heavy atom. The molecule has 0 saturated carbocycles. The van der Waals surface area contributed by atoms with Crippen LogP contribution in [0.1, 0.15) is 11.1 Å². The number of nitrogens with one attached hydrogen (secondary N) is 1. The Bertz CT molecular complexity index is 334. The van der Waals surface area contributed by atoms with E-state index in [2.05, 4.69) is 0 Å². The van der Waals surface area contributed by atoms with Gasteiger partial charge in [0.1, 0.15) is 0 Å². The second kappa shape index (κ2) is 3.13. The number of hydrogen-bond donors (Lipinski definition) is 1. The molecule has 62 valence electrons. The molecule has 4 heteroatoms. The fraction of sp³-hybridized carbons (Fsp3) is 0.125. The van der Waals surface area contributed by atoms with Gasteiger partial charge in [-0.05, 0) is 24.6 Å². The Morgan fingerprint density at radius 2 is 2.25 bits per heavy atom. The second-order valence-electron chi connectivity index (χ2n) is 2.45. The first-order chi connectivity index (χ1) is 5.65. The maximum Gasteiger partial charge on any atom is 0.272 e. The lowest BCUT2D eigenvalue weighted by Crippen LogP contribution is -1.92. The first-order valence-corrected chi connectivity index (χ1v) is 3.40. The quantitative estimate of drug-likeness (QED) is 0.412. The van der Waals surface area contributed by atoms with Crippen molar-refractivity contribution in [2.24, 2.45) is 0 Å². The molecule has 1 rings (SSSR count). The predicted octanol–water partition coefficient (Wildman–Crippen LogP) is 1.90. The number of aryl methyl sites for hydroxylation is 1. The van der Waals surface area contributed by atoms with E-state index in [0.717, 1.165) is 6.21 Å². The van der Waals surface area contributed by atoms with Gasteiger partial charge in [-0.3, -0.25) is 10.1 Å². The highest BCUT2D eigenvalue weighted by Crippen LogP contribution is 2.17. The molecular weight excluding hydrogens is 156 g/mol. The van der Waals surface area contributed by atoms with Gasteiger partial charge in [-0.2, -0.15) is 0 Å². The Morgan fingerprint density at radius 1 is 1.58 bits per heavy atom. The lowest BCUT2D eigenvalue weighted by molar-refractivity contribution is -0.385. The molecule has 0 spiro atoms. The van der Waals surface area contributed by atoms with Gasteiger partial charge in [0.15, 0.2) is 0 Å². The molecule has 0 bridgehead atoms. The summed E-state index contributed by atoms with van der Waals surface area (Å²) >= 11 is 0. The average molecular weight is 164 g/mol. The first-order valence-electron chi connectivity index (χ1n) is 3.40. The van der Waals surface area contributed by atoms with Crippen molar-refractivity contribution in [3.63, 3.8) is 0 Å². The van der Waals surface area contributed by atoms with Crippen LogP contribution in [0.5, 0.6) is 0 Å². The van der Waals surface area contributed by atoms with Crippen molar-refractivity contribution in [1.82, 2.24) is 0 Å². The molecular formula is C8H8N2O2. The molecule has 1 N–H and O–H groups in total. The van der Waals surface area contributed by atoms with Crippen molar-refractivity contribution >= 4 is 11.9 Å². The Hall–Kier alpha value is -1.71. The van der Waals surface area contributed by atoms with Gasteiger partial charge in [0.05, 0.1) is 4.92 Å². The van der Waals surface area contributed by atoms with Crippen molar-refractivity contribution in [1.29, 1.82) is 5.41 Å². The van der Waals surface area contributed by atoms with E-state index in [-0.39, 0.29) is 5.69 Å². The smallest absolute Gasteiger partial charge is 0.272 e.